The van der Waals surface area contributed by atoms with Gasteiger partial charge in [0, 0.05) is 30.0 Å². The Balaban J connectivity index is 2.01. The van der Waals surface area contributed by atoms with Gasteiger partial charge in [-0.05, 0) is 24.8 Å². The van der Waals surface area contributed by atoms with Crippen molar-refractivity contribution >= 4 is 16.6 Å². The van der Waals surface area contributed by atoms with E-state index in [-0.39, 0.29) is 11.7 Å². The Morgan fingerprint density at radius 3 is 2.89 bits per heavy atom. The Bertz CT molecular complexity index is 640. The van der Waals surface area contributed by atoms with Crippen LogP contribution in [0.4, 0.5) is 5.69 Å². The second-order valence-electron chi connectivity index (χ2n) is 4.98. The fraction of sp³-hybridized carbons (Fsp3) is 0.385. The van der Waals surface area contributed by atoms with Crippen LogP contribution in [-0.4, -0.2) is 20.9 Å². The van der Waals surface area contributed by atoms with E-state index in [1.54, 1.807) is 6.07 Å². The summed E-state index contributed by atoms with van der Waals surface area (Å²) in [4.78, 5) is 18.8. The molecule has 1 aromatic carbocycles. The van der Waals surface area contributed by atoms with E-state index in [4.69, 9.17) is 5.73 Å². The summed E-state index contributed by atoms with van der Waals surface area (Å²) in [6, 6.07) is 4.73. The van der Waals surface area contributed by atoms with E-state index >= 15 is 0 Å². The normalized spacial score (nSPS) is 16.5. The van der Waals surface area contributed by atoms with Gasteiger partial charge in [0.1, 0.15) is 6.33 Å². The molecule has 0 saturated heterocycles. The molecule has 98 valence electrons. The third-order valence-corrected chi connectivity index (χ3v) is 3.57. The zero-order valence-corrected chi connectivity index (χ0v) is 10.3. The number of hydrogen-bond donors (Lipinski definition) is 1. The van der Waals surface area contributed by atoms with Gasteiger partial charge in [-0.1, -0.05) is 0 Å². The van der Waals surface area contributed by atoms with Crippen LogP contribution < -0.4 is 5.73 Å². The Labute approximate surface area is 109 Å². The summed E-state index contributed by atoms with van der Waals surface area (Å²) in [5, 5.41) is 11.6. The van der Waals surface area contributed by atoms with Gasteiger partial charge in [-0.25, -0.2) is 9.97 Å². The lowest BCUT2D eigenvalue weighted by Gasteiger charge is -2.10. The first-order valence-electron chi connectivity index (χ1n) is 6.29. The highest BCUT2D eigenvalue weighted by molar-refractivity contribution is 5.83. The molecule has 0 spiro atoms. The summed E-state index contributed by atoms with van der Waals surface area (Å²) in [5.74, 6) is 0.573. The van der Waals surface area contributed by atoms with E-state index in [1.165, 1.54) is 31.3 Å². The van der Waals surface area contributed by atoms with Crippen molar-refractivity contribution in [1.82, 2.24) is 9.97 Å². The summed E-state index contributed by atoms with van der Waals surface area (Å²) in [6.07, 6.45) is 4.47. The average molecular weight is 258 g/mol. The van der Waals surface area contributed by atoms with Crippen LogP contribution in [0.1, 0.15) is 18.5 Å². The number of nitro groups is 1. The first kappa shape index (κ1) is 12.0. The number of non-ortho nitro benzene ring substituents is 1. The van der Waals surface area contributed by atoms with Gasteiger partial charge in [0.25, 0.3) is 5.69 Å². The number of nitrogens with two attached hydrogens (primary N) is 1. The number of nitro benzene ring substituents is 1. The van der Waals surface area contributed by atoms with Crippen LogP contribution in [-0.2, 0) is 6.42 Å². The predicted molar refractivity (Wildman–Crippen MR) is 70.6 cm³/mol. The molecule has 19 heavy (non-hydrogen) atoms. The Kier molecular flexibility index (Phi) is 2.87. The average Bonchev–Trinajstić information content (AvgIpc) is 3.22. The van der Waals surface area contributed by atoms with E-state index in [9.17, 15) is 10.1 Å². The number of rotatable bonds is 4. The molecule has 2 N–H and O–H groups in total. The second kappa shape index (κ2) is 4.55. The van der Waals surface area contributed by atoms with E-state index in [0.717, 1.165) is 16.6 Å². The summed E-state index contributed by atoms with van der Waals surface area (Å²) in [5.41, 5.74) is 7.68. The minimum atomic E-state index is -0.406. The fourth-order valence-electron chi connectivity index (χ4n) is 2.29. The second-order valence-corrected chi connectivity index (χ2v) is 4.98. The largest absolute Gasteiger partial charge is 0.327 e. The van der Waals surface area contributed by atoms with Gasteiger partial charge in [0.05, 0.1) is 16.1 Å². The molecule has 1 aliphatic carbocycles. The molecule has 6 heteroatoms. The molecule has 1 saturated carbocycles. The van der Waals surface area contributed by atoms with Crippen LogP contribution in [0.5, 0.6) is 0 Å². The van der Waals surface area contributed by atoms with Crippen LogP contribution >= 0.6 is 0 Å². The van der Waals surface area contributed by atoms with Crippen molar-refractivity contribution in [1.29, 1.82) is 0 Å². The maximum atomic E-state index is 10.8. The van der Waals surface area contributed by atoms with Gasteiger partial charge >= 0.3 is 0 Å². The number of hydrogen-bond acceptors (Lipinski definition) is 5. The molecule has 1 aromatic heterocycles. The first-order chi connectivity index (χ1) is 9.15. The lowest BCUT2D eigenvalue weighted by Crippen LogP contribution is -2.25. The molecule has 0 aliphatic heterocycles. The lowest BCUT2D eigenvalue weighted by molar-refractivity contribution is -0.384. The molecular weight excluding hydrogens is 244 g/mol. The van der Waals surface area contributed by atoms with Crippen LogP contribution in [0.15, 0.2) is 24.5 Å². The molecule has 1 atom stereocenters. The highest BCUT2D eigenvalue weighted by atomic mass is 16.6. The molecule has 3 rings (SSSR count). The van der Waals surface area contributed by atoms with Gasteiger partial charge in [-0.15, -0.1) is 0 Å². The molecule has 0 radical (unpaired) electrons. The van der Waals surface area contributed by atoms with Crippen molar-refractivity contribution in [3.05, 3.63) is 40.3 Å². The highest BCUT2D eigenvalue weighted by Crippen LogP contribution is 2.33. The molecule has 1 heterocycles. The molecule has 6 nitrogen and oxygen atoms in total. The monoisotopic (exact) mass is 258 g/mol. The lowest BCUT2D eigenvalue weighted by atomic mass is 10.0. The fourth-order valence-corrected chi connectivity index (χ4v) is 2.29. The van der Waals surface area contributed by atoms with Gasteiger partial charge in [0.15, 0.2) is 0 Å². The maximum Gasteiger partial charge on any atom is 0.270 e. The zero-order chi connectivity index (χ0) is 13.4. The highest BCUT2D eigenvalue weighted by Gasteiger charge is 2.29. The summed E-state index contributed by atoms with van der Waals surface area (Å²) < 4.78 is 0. The third kappa shape index (κ3) is 2.39. The molecule has 0 bridgehead atoms. The number of fused-ring (bicyclic) bond motifs is 1. The number of nitrogens with zero attached hydrogens (tertiary/aromatic N) is 3. The van der Waals surface area contributed by atoms with E-state index < -0.39 is 4.92 Å². The Hall–Kier alpha value is -2.08. The van der Waals surface area contributed by atoms with Gasteiger partial charge in [-0.3, -0.25) is 10.1 Å². The number of benzene rings is 1. The zero-order valence-electron chi connectivity index (χ0n) is 10.3. The number of aromatic nitrogens is 2. The van der Waals surface area contributed by atoms with Gasteiger partial charge in [-0.2, -0.15) is 0 Å². The van der Waals surface area contributed by atoms with Crippen molar-refractivity contribution < 1.29 is 4.92 Å². The summed E-state index contributed by atoms with van der Waals surface area (Å²) in [7, 11) is 0. The van der Waals surface area contributed by atoms with Crippen molar-refractivity contribution in [2.75, 3.05) is 0 Å². The standard InChI is InChI=1S/C13H14N4O2/c14-11(8-1-2-8)6-13-10-5-9(17(18)19)3-4-12(10)15-7-16-13/h3-5,7-8,11H,1-2,6,14H2. The Morgan fingerprint density at radius 1 is 1.42 bits per heavy atom. The third-order valence-electron chi connectivity index (χ3n) is 3.57. The Morgan fingerprint density at radius 2 is 2.21 bits per heavy atom. The topological polar surface area (TPSA) is 94.9 Å². The predicted octanol–water partition coefficient (Wildman–Crippen LogP) is 1.82. The summed E-state index contributed by atoms with van der Waals surface area (Å²) in [6.45, 7) is 0. The van der Waals surface area contributed by atoms with Crippen LogP contribution in [0.3, 0.4) is 0 Å². The molecule has 1 unspecified atom stereocenters. The molecular formula is C13H14N4O2. The minimum absolute atomic E-state index is 0.0588. The van der Waals surface area contributed by atoms with Crippen molar-refractivity contribution in [3.8, 4) is 0 Å². The van der Waals surface area contributed by atoms with E-state index in [2.05, 4.69) is 9.97 Å². The molecule has 0 amide bonds. The van der Waals surface area contributed by atoms with Gasteiger partial charge in [0.2, 0.25) is 0 Å². The smallest absolute Gasteiger partial charge is 0.270 e. The van der Waals surface area contributed by atoms with Crippen LogP contribution in [0.25, 0.3) is 10.9 Å². The first-order valence-corrected chi connectivity index (χ1v) is 6.29. The molecule has 2 aromatic rings. The molecule has 1 aliphatic rings. The van der Waals surface area contributed by atoms with Crippen molar-refractivity contribution in [3.63, 3.8) is 0 Å². The van der Waals surface area contributed by atoms with E-state index in [0.29, 0.717) is 12.3 Å². The SMILES string of the molecule is NC(Cc1ncnc2ccc([N+](=O)[O-])cc12)C1CC1. The van der Waals surface area contributed by atoms with E-state index in [1.807, 2.05) is 0 Å². The van der Waals surface area contributed by atoms with Gasteiger partial charge < -0.3 is 5.73 Å². The van der Waals surface area contributed by atoms with Crippen molar-refractivity contribution in [2.45, 2.75) is 25.3 Å². The van der Waals surface area contributed by atoms with Crippen LogP contribution in [0.2, 0.25) is 0 Å². The van der Waals surface area contributed by atoms with Crippen LogP contribution in [0, 0.1) is 16.0 Å². The quantitative estimate of drug-likeness (QED) is 0.666. The van der Waals surface area contributed by atoms with Crippen molar-refractivity contribution in [2.24, 2.45) is 11.7 Å². The summed E-state index contributed by atoms with van der Waals surface area (Å²) >= 11 is 0. The molecule has 1 fully saturated rings. The maximum absolute atomic E-state index is 10.8. The minimum Gasteiger partial charge on any atom is -0.327 e.